The summed E-state index contributed by atoms with van der Waals surface area (Å²) in [4.78, 5) is 73.0. The Balaban J connectivity index is 5.37. The standard InChI is InChI=1S/C83H146O17P2/c1-5-9-13-17-21-25-29-33-35-37-38-40-41-45-48-52-56-60-64-68-81(86)94-74-79(100-83(88)70-66-62-58-54-50-46-42-39-36-34-30-26-22-18-14-10-6-2)76-98-102(91,92)96-72-77(84)71-95-101(89,90)97-75-78(99-82(87)69-65-61-57-53-49-44-32-28-24-20-16-12-8-4)73-93-80(85)67-63-59-55-51-47-43-31-27-23-19-15-11-7-3/h9-10,13-14,21-22,25-26,33-36,38,40,45,48,77-79,84H,5-8,11-12,15-20,23-24,27-32,37,39,41-44,46-47,49-76H2,1-4H3,(H,89,90)(H,91,92)/b13-9-,14-10-,25-21-,26-22-,35-33-,36-34-,40-38-,48-45-. The van der Waals surface area contributed by atoms with E-state index < -0.39 is 97.5 Å². The van der Waals surface area contributed by atoms with E-state index in [2.05, 4.69) is 125 Å². The van der Waals surface area contributed by atoms with E-state index in [4.69, 9.17) is 37.0 Å². The summed E-state index contributed by atoms with van der Waals surface area (Å²) in [6.07, 6.45) is 79.5. The second-order valence-electron chi connectivity index (χ2n) is 27.0. The highest BCUT2D eigenvalue weighted by atomic mass is 31.2. The molecule has 0 aliphatic heterocycles. The van der Waals surface area contributed by atoms with Crippen LogP contribution in [0, 0.1) is 0 Å². The number of hydrogen-bond donors (Lipinski definition) is 3. The van der Waals surface area contributed by atoms with Gasteiger partial charge >= 0.3 is 39.5 Å². The Morgan fingerprint density at radius 2 is 0.510 bits per heavy atom. The predicted molar refractivity (Wildman–Crippen MR) is 418 cm³/mol. The number of ether oxygens (including phenoxy) is 4. The fraction of sp³-hybridized carbons (Fsp3) is 0.759. The molecule has 0 aromatic carbocycles. The van der Waals surface area contributed by atoms with Gasteiger partial charge in [0.1, 0.15) is 19.3 Å². The van der Waals surface area contributed by atoms with Crippen LogP contribution in [0.1, 0.15) is 349 Å². The van der Waals surface area contributed by atoms with Crippen molar-refractivity contribution in [2.24, 2.45) is 0 Å². The van der Waals surface area contributed by atoms with Gasteiger partial charge in [-0.15, -0.1) is 0 Å². The first kappa shape index (κ1) is 98.0. The Labute approximate surface area is 620 Å². The summed E-state index contributed by atoms with van der Waals surface area (Å²) in [6.45, 7) is 4.66. The van der Waals surface area contributed by atoms with Crippen LogP contribution in [-0.4, -0.2) is 96.7 Å². The van der Waals surface area contributed by atoms with Gasteiger partial charge in [-0.25, -0.2) is 9.13 Å². The molecule has 0 aliphatic rings. The molecule has 0 aliphatic carbocycles. The van der Waals surface area contributed by atoms with E-state index in [1.54, 1.807) is 0 Å². The lowest BCUT2D eigenvalue weighted by Gasteiger charge is -2.21. The Hall–Kier alpha value is -4.02. The van der Waals surface area contributed by atoms with Crippen LogP contribution in [0.4, 0.5) is 0 Å². The van der Waals surface area contributed by atoms with Crippen molar-refractivity contribution in [2.45, 2.75) is 367 Å². The molecule has 590 valence electrons. The van der Waals surface area contributed by atoms with Gasteiger partial charge in [0, 0.05) is 25.7 Å². The molecule has 0 radical (unpaired) electrons. The van der Waals surface area contributed by atoms with Gasteiger partial charge in [-0.3, -0.25) is 37.3 Å². The number of rotatable bonds is 76. The zero-order chi connectivity index (χ0) is 74.6. The van der Waals surface area contributed by atoms with Gasteiger partial charge in [0.05, 0.1) is 26.4 Å². The molecule has 0 spiro atoms. The number of hydrogen-bond acceptors (Lipinski definition) is 15. The van der Waals surface area contributed by atoms with Crippen molar-refractivity contribution in [3.63, 3.8) is 0 Å². The summed E-state index contributed by atoms with van der Waals surface area (Å²) in [7, 11) is -9.96. The maximum atomic E-state index is 13.1. The molecule has 5 atom stereocenters. The lowest BCUT2D eigenvalue weighted by molar-refractivity contribution is -0.161. The number of phosphoric ester groups is 2. The van der Waals surface area contributed by atoms with E-state index in [9.17, 15) is 43.2 Å². The van der Waals surface area contributed by atoms with E-state index in [0.29, 0.717) is 25.7 Å². The number of carbonyl (C=O) groups excluding carboxylic acids is 4. The van der Waals surface area contributed by atoms with Crippen LogP contribution < -0.4 is 0 Å². The number of phosphoric acid groups is 2. The molecule has 0 saturated heterocycles. The second-order valence-corrected chi connectivity index (χ2v) is 29.9. The minimum Gasteiger partial charge on any atom is -0.462 e. The molecule has 0 amide bonds. The number of carbonyl (C=O) groups is 4. The Kier molecular flexibility index (Phi) is 72.3. The van der Waals surface area contributed by atoms with Gasteiger partial charge in [-0.2, -0.15) is 0 Å². The number of esters is 4. The fourth-order valence-corrected chi connectivity index (χ4v) is 12.5. The van der Waals surface area contributed by atoms with Crippen molar-refractivity contribution in [3.8, 4) is 0 Å². The molecule has 0 saturated carbocycles. The van der Waals surface area contributed by atoms with Crippen molar-refractivity contribution < 1.29 is 80.2 Å². The summed E-state index contributed by atoms with van der Waals surface area (Å²) >= 11 is 0. The van der Waals surface area contributed by atoms with Gasteiger partial charge in [-0.05, 0) is 103 Å². The third kappa shape index (κ3) is 74.3. The molecule has 0 fully saturated rings. The SMILES string of the molecule is CC/C=C\C/C=C\C/C=C\C/C=C\C/C=C\CCCCCC(=O)OCC(COP(=O)(O)OCC(O)COP(=O)(O)OCC(COC(=O)CCCCCCCCCCCCCCC)OC(=O)CCCCCCCCCCCCCCC)OC(=O)CCCCCCCCC/C=C\C/C=C\C/C=C\CC. The normalized spacial score (nSPS) is 14.4. The molecule has 0 aromatic rings. The average Bonchev–Trinajstić information content (AvgIpc) is 0.923. The second kappa shape index (κ2) is 75.2. The molecule has 0 rings (SSSR count). The smallest absolute Gasteiger partial charge is 0.462 e. The quantitative estimate of drug-likeness (QED) is 0.0169. The van der Waals surface area contributed by atoms with Gasteiger partial charge in [0.25, 0.3) is 0 Å². The molecule has 102 heavy (non-hydrogen) atoms. The fourth-order valence-electron chi connectivity index (χ4n) is 11.0. The molecule has 19 heteroatoms. The summed E-state index contributed by atoms with van der Waals surface area (Å²) in [5.74, 6) is -2.20. The van der Waals surface area contributed by atoms with E-state index in [1.165, 1.54) is 109 Å². The summed E-state index contributed by atoms with van der Waals surface area (Å²) in [5, 5.41) is 10.6. The van der Waals surface area contributed by atoms with Crippen molar-refractivity contribution >= 4 is 39.5 Å². The summed E-state index contributed by atoms with van der Waals surface area (Å²) in [5.41, 5.74) is 0. The Bertz CT molecular complexity index is 2310. The van der Waals surface area contributed by atoms with Crippen LogP contribution in [0.3, 0.4) is 0 Å². The molecule has 17 nitrogen and oxygen atoms in total. The van der Waals surface area contributed by atoms with Crippen molar-refractivity contribution in [1.82, 2.24) is 0 Å². The van der Waals surface area contributed by atoms with Crippen LogP contribution in [0.5, 0.6) is 0 Å². The highest BCUT2D eigenvalue weighted by Gasteiger charge is 2.30. The van der Waals surface area contributed by atoms with E-state index in [0.717, 1.165) is 161 Å². The monoisotopic (exact) mass is 1480 g/mol. The first-order chi connectivity index (χ1) is 49.7. The highest BCUT2D eigenvalue weighted by Crippen LogP contribution is 2.45. The van der Waals surface area contributed by atoms with Gasteiger partial charge in [0.15, 0.2) is 12.2 Å². The first-order valence-electron chi connectivity index (χ1n) is 40.5. The third-order valence-electron chi connectivity index (χ3n) is 17.1. The molecule has 5 unspecified atom stereocenters. The molecule has 3 N–H and O–H groups in total. The molecule has 0 heterocycles. The van der Waals surface area contributed by atoms with Crippen LogP contribution in [0.15, 0.2) is 97.2 Å². The lowest BCUT2D eigenvalue weighted by Crippen LogP contribution is -2.30. The third-order valence-corrected chi connectivity index (χ3v) is 19.0. The molecular weight excluding hydrogens is 1330 g/mol. The van der Waals surface area contributed by atoms with Crippen molar-refractivity contribution in [1.29, 1.82) is 0 Å². The van der Waals surface area contributed by atoms with Crippen LogP contribution in [0.25, 0.3) is 0 Å². The van der Waals surface area contributed by atoms with Gasteiger partial charge in [0.2, 0.25) is 0 Å². The van der Waals surface area contributed by atoms with E-state index in [1.807, 2.05) is 0 Å². The summed E-state index contributed by atoms with van der Waals surface area (Å²) < 4.78 is 68.6. The molecule has 0 bridgehead atoms. The Morgan fingerprint density at radius 1 is 0.284 bits per heavy atom. The largest absolute Gasteiger partial charge is 0.472 e. The van der Waals surface area contributed by atoms with Crippen LogP contribution >= 0.6 is 15.6 Å². The number of unbranched alkanes of at least 4 members (excludes halogenated alkanes) is 34. The van der Waals surface area contributed by atoms with E-state index >= 15 is 0 Å². The lowest BCUT2D eigenvalue weighted by atomic mass is 10.0. The zero-order valence-electron chi connectivity index (χ0n) is 64.5. The number of aliphatic hydroxyl groups is 1. The first-order valence-corrected chi connectivity index (χ1v) is 43.5. The summed E-state index contributed by atoms with van der Waals surface area (Å²) in [6, 6.07) is 0. The van der Waals surface area contributed by atoms with Crippen LogP contribution in [-0.2, 0) is 65.4 Å². The zero-order valence-corrected chi connectivity index (χ0v) is 66.3. The van der Waals surface area contributed by atoms with E-state index in [-0.39, 0.29) is 25.7 Å². The maximum absolute atomic E-state index is 13.1. The minimum absolute atomic E-state index is 0.0761. The molecular formula is C83H146O17P2. The number of aliphatic hydroxyl groups excluding tert-OH is 1. The van der Waals surface area contributed by atoms with Gasteiger partial charge in [-0.1, -0.05) is 318 Å². The van der Waals surface area contributed by atoms with Gasteiger partial charge < -0.3 is 33.8 Å². The minimum atomic E-state index is -4.99. The highest BCUT2D eigenvalue weighted by molar-refractivity contribution is 7.47. The predicted octanol–water partition coefficient (Wildman–Crippen LogP) is 23.6. The van der Waals surface area contributed by atoms with Crippen LogP contribution in [0.2, 0.25) is 0 Å². The Morgan fingerprint density at radius 3 is 0.794 bits per heavy atom. The molecule has 0 aromatic heterocycles. The average molecular weight is 1480 g/mol. The van der Waals surface area contributed by atoms with Crippen molar-refractivity contribution in [2.75, 3.05) is 39.6 Å². The van der Waals surface area contributed by atoms with Crippen molar-refractivity contribution in [3.05, 3.63) is 97.2 Å². The number of allylic oxidation sites excluding steroid dienone is 16. The maximum Gasteiger partial charge on any atom is 0.472 e. The topological polar surface area (TPSA) is 237 Å².